The van der Waals surface area contributed by atoms with E-state index in [1.54, 1.807) is 12.1 Å². The van der Waals surface area contributed by atoms with Crippen molar-refractivity contribution in [2.45, 2.75) is 39.3 Å². The monoisotopic (exact) mass is 337 g/mol. The second-order valence-electron chi connectivity index (χ2n) is 5.71. The number of hydrogen-bond acceptors (Lipinski definition) is 5. The van der Waals surface area contributed by atoms with Crippen LogP contribution in [0.15, 0.2) is 30.3 Å². The van der Waals surface area contributed by atoms with Crippen LogP contribution in [-0.2, 0) is 25.7 Å². The molecule has 0 heterocycles. The van der Waals surface area contributed by atoms with Crippen LogP contribution < -0.4 is 5.32 Å². The summed E-state index contributed by atoms with van der Waals surface area (Å²) in [5.74, 6) is -1.59. The highest BCUT2D eigenvalue weighted by Gasteiger charge is 2.24. The van der Waals surface area contributed by atoms with Crippen LogP contribution in [0.5, 0.6) is 0 Å². The van der Waals surface area contributed by atoms with Gasteiger partial charge in [-0.15, -0.1) is 0 Å². The predicted octanol–water partition coefficient (Wildman–Crippen LogP) is 2.35. The van der Waals surface area contributed by atoms with E-state index in [4.69, 9.17) is 14.6 Å². The van der Waals surface area contributed by atoms with Crippen LogP contribution >= 0.6 is 0 Å². The molecule has 132 valence electrons. The van der Waals surface area contributed by atoms with E-state index in [0.29, 0.717) is 0 Å². The molecule has 2 N–H and O–H groups in total. The summed E-state index contributed by atoms with van der Waals surface area (Å²) in [4.78, 5) is 34.5. The Bertz CT molecular complexity index is 543. The van der Waals surface area contributed by atoms with Gasteiger partial charge in [0.2, 0.25) is 0 Å². The molecular formula is C17H23NO6. The summed E-state index contributed by atoms with van der Waals surface area (Å²) >= 11 is 0. The van der Waals surface area contributed by atoms with Gasteiger partial charge in [0.1, 0.15) is 12.6 Å². The summed E-state index contributed by atoms with van der Waals surface area (Å²) in [5.41, 5.74) is 0.803. The van der Waals surface area contributed by atoms with E-state index in [1.807, 2.05) is 32.0 Å². The lowest BCUT2D eigenvalue weighted by Crippen LogP contribution is -2.42. The molecule has 24 heavy (non-hydrogen) atoms. The average molecular weight is 337 g/mol. The third-order valence-corrected chi connectivity index (χ3v) is 3.00. The topological polar surface area (TPSA) is 102 Å². The lowest BCUT2D eigenvalue weighted by atomic mass is 10.1. The van der Waals surface area contributed by atoms with Crippen molar-refractivity contribution in [3.8, 4) is 0 Å². The van der Waals surface area contributed by atoms with Crippen molar-refractivity contribution in [3.05, 3.63) is 35.9 Å². The molecule has 1 amide bonds. The van der Waals surface area contributed by atoms with Crippen LogP contribution in [0.3, 0.4) is 0 Å². The number of carbonyl (C=O) groups is 3. The lowest BCUT2D eigenvalue weighted by Gasteiger charge is -2.17. The second-order valence-corrected chi connectivity index (χ2v) is 5.71. The summed E-state index contributed by atoms with van der Waals surface area (Å²) in [6.07, 6.45) is -1.12. The van der Waals surface area contributed by atoms with Gasteiger partial charge in [-0.25, -0.2) is 9.59 Å². The number of nitrogens with one attached hydrogen (secondary N) is 1. The van der Waals surface area contributed by atoms with Gasteiger partial charge >= 0.3 is 18.0 Å². The second kappa shape index (κ2) is 10.3. The fourth-order valence-corrected chi connectivity index (χ4v) is 1.77. The highest BCUT2D eigenvalue weighted by molar-refractivity contribution is 5.82. The number of benzene rings is 1. The molecule has 0 saturated carbocycles. The van der Waals surface area contributed by atoms with E-state index >= 15 is 0 Å². The van der Waals surface area contributed by atoms with Crippen LogP contribution in [0, 0.1) is 5.92 Å². The average Bonchev–Trinajstić information content (AvgIpc) is 2.55. The molecule has 1 rings (SSSR count). The molecule has 0 aliphatic rings. The molecule has 0 bridgehead atoms. The molecule has 0 saturated heterocycles. The van der Waals surface area contributed by atoms with Crippen LogP contribution in [0.1, 0.15) is 32.3 Å². The summed E-state index contributed by atoms with van der Waals surface area (Å²) < 4.78 is 10.1. The molecule has 0 unspecified atom stereocenters. The highest BCUT2D eigenvalue weighted by Crippen LogP contribution is 2.05. The van der Waals surface area contributed by atoms with Crippen molar-refractivity contribution in [1.82, 2.24) is 5.32 Å². The number of carboxylic acids is 1. The van der Waals surface area contributed by atoms with Gasteiger partial charge in [0.25, 0.3) is 0 Å². The van der Waals surface area contributed by atoms with Crippen molar-refractivity contribution in [2.75, 3.05) is 6.61 Å². The van der Waals surface area contributed by atoms with Crippen molar-refractivity contribution < 1.29 is 29.0 Å². The van der Waals surface area contributed by atoms with Gasteiger partial charge in [-0.05, 0) is 17.9 Å². The summed E-state index contributed by atoms with van der Waals surface area (Å²) in [7, 11) is 0. The van der Waals surface area contributed by atoms with Gasteiger partial charge in [-0.1, -0.05) is 44.2 Å². The molecule has 7 heteroatoms. The maximum absolute atomic E-state index is 12.0. The van der Waals surface area contributed by atoms with Crippen LogP contribution in [0.2, 0.25) is 0 Å². The van der Waals surface area contributed by atoms with Crippen molar-refractivity contribution >= 4 is 18.0 Å². The Balaban J connectivity index is 2.53. The first kappa shape index (κ1) is 19.5. The van der Waals surface area contributed by atoms with Gasteiger partial charge in [0.15, 0.2) is 0 Å². The molecule has 1 aromatic carbocycles. The normalized spacial score (nSPS) is 11.6. The minimum Gasteiger partial charge on any atom is -0.481 e. The van der Waals surface area contributed by atoms with E-state index in [-0.39, 0.29) is 32.0 Å². The molecule has 0 aromatic heterocycles. The number of ether oxygens (including phenoxy) is 2. The third-order valence-electron chi connectivity index (χ3n) is 3.00. The zero-order chi connectivity index (χ0) is 17.9. The Kier molecular flexibility index (Phi) is 8.32. The Morgan fingerprint density at radius 2 is 1.79 bits per heavy atom. The molecule has 0 aliphatic heterocycles. The number of amides is 1. The van der Waals surface area contributed by atoms with Crippen LogP contribution in [0.4, 0.5) is 4.79 Å². The van der Waals surface area contributed by atoms with Crippen molar-refractivity contribution in [2.24, 2.45) is 5.92 Å². The Labute approximate surface area is 141 Å². The van der Waals surface area contributed by atoms with Crippen molar-refractivity contribution in [1.29, 1.82) is 0 Å². The number of hydrogen-bond donors (Lipinski definition) is 2. The minimum atomic E-state index is -1.06. The first-order valence-corrected chi connectivity index (χ1v) is 7.74. The Morgan fingerprint density at radius 1 is 1.12 bits per heavy atom. The number of carboxylic acid groups (broad SMARTS) is 1. The van der Waals surface area contributed by atoms with Gasteiger partial charge in [0, 0.05) is 6.42 Å². The number of alkyl carbamates (subject to hydrolysis) is 1. The van der Waals surface area contributed by atoms with Gasteiger partial charge in [-0.3, -0.25) is 4.79 Å². The molecule has 1 aromatic rings. The fraction of sp³-hybridized carbons (Fsp3) is 0.471. The van der Waals surface area contributed by atoms with E-state index < -0.39 is 24.1 Å². The smallest absolute Gasteiger partial charge is 0.408 e. The maximum atomic E-state index is 12.0. The number of carbonyl (C=O) groups excluding carboxylic acids is 2. The summed E-state index contributed by atoms with van der Waals surface area (Å²) in [6.45, 7) is 4.00. The fourth-order valence-electron chi connectivity index (χ4n) is 1.77. The summed E-state index contributed by atoms with van der Waals surface area (Å²) in [6, 6.07) is 8.02. The first-order valence-electron chi connectivity index (χ1n) is 7.74. The first-order chi connectivity index (χ1) is 11.4. The quantitative estimate of drug-likeness (QED) is 0.671. The molecule has 7 nitrogen and oxygen atoms in total. The van der Waals surface area contributed by atoms with Gasteiger partial charge in [-0.2, -0.15) is 0 Å². The molecule has 1 atom stereocenters. The molecule has 0 fully saturated rings. The minimum absolute atomic E-state index is 0.0549. The van der Waals surface area contributed by atoms with Crippen LogP contribution in [0.25, 0.3) is 0 Å². The summed E-state index contributed by atoms with van der Waals surface area (Å²) in [5, 5.41) is 11.1. The predicted molar refractivity (Wildman–Crippen MR) is 86.2 cm³/mol. The SMILES string of the molecule is CC(C)COC(=O)[C@@H](CCC(=O)O)NC(=O)OCc1ccccc1. The molecule has 0 aliphatic carbocycles. The number of aliphatic carboxylic acids is 1. The standard InChI is InChI=1S/C17H23NO6/c1-12(2)10-23-16(21)14(8-9-15(19)20)18-17(22)24-11-13-6-4-3-5-7-13/h3-7,12,14H,8-11H2,1-2H3,(H,18,22)(H,19,20)/t14-/m1/s1. The third kappa shape index (κ3) is 8.17. The Hall–Kier alpha value is -2.57. The zero-order valence-corrected chi connectivity index (χ0v) is 13.9. The molecule has 0 radical (unpaired) electrons. The van der Waals surface area contributed by atoms with Crippen molar-refractivity contribution in [3.63, 3.8) is 0 Å². The highest BCUT2D eigenvalue weighted by atomic mass is 16.6. The maximum Gasteiger partial charge on any atom is 0.408 e. The largest absolute Gasteiger partial charge is 0.481 e. The van der Waals surface area contributed by atoms with Gasteiger partial charge < -0.3 is 19.9 Å². The molecule has 0 spiro atoms. The lowest BCUT2D eigenvalue weighted by molar-refractivity contribution is -0.147. The van der Waals surface area contributed by atoms with E-state index in [1.165, 1.54) is 0 Å². The van der Waals surface area contributed by atoms with Gasteiger partial charge in [0.05, 0.1) is 6.61 Å². The molecular weight excluding hydrogens is 314 g/mol. The Morgan fingerprint density at radius 3 is 2.38 bits per heavy atom. The van der Waals surface area contributed by atoms with E-state index in [9.17, 15) is 14.4 Å². The number of rotatable bonds is 9. The van der Waals surface area contributed by atoms with E-state index in [0.717, 1.165) is 5.56 Å². The van der Waals surface area contributed by atoms with E-state index in [2.05, 4.69) is 5.32 Å². The number of esters is 1. The zero-order valence-electron chi connectivity index (χ0n) is 13.9. The van der Waals surface area contributed by atoms with Crippen LogP contribution in [-0.4, -0.2) is 35.8 Å².